The second-order valence-corrected chi connectivity index (χ2v) is 5.35. The summed E-state index contributed by atoms with van der Waals surface area (Å²) in [5.41, 5.74) is 7.20. The molecule has 0 atom stereocenters. The van der Waals surface area contributed by atoms with Gasteiger partial charge in [0.05, 0.1) is 16.4 Å². The molecule has 2 N–H and O–H groups in total. The molecule has 0 spiro atoms. The van der Waals surface area contributed by atoms with Crippen molar-refractivity contribution in [2.45, 2.75) is 19.9 Å². The molecule has 1 fully saturated rings. The third-order valence-corrected chi connectivity index (χ3v) is 3.74. The van der Waals surface area contributed by atoms with Crippen LogP contribution in [-0.2, 0) is 0 Å². The monoisotopic (exact) mass is 271 g/mol. The Labute approximate surface area is 112 Å². The summed E-state index contributed by atoms with van der Waals surface area (Å²) in [4.78, 5) is 4.52. The van der Waals surface area contributed by atoms with Gasteiger partial charge in [-0.1, -0.05) is 11.6 Å². The molecule has 100 valence electrons. The van der Waals surface area contributed by atoms with Gasteiger partial charge in [-0.15, -0.1) is 0 Å². The van der Waals surface area contributed by atoms with Crippen LogP contribution in [0.1, 0.15) is 13.8 Å². The number of rotatable bonds is 2. The van der Waals surface area contributed by atoms with E-state index in [0.717, 1.165) is 31.9 Å². The maximum atomic E-state index is 13.5. The predicted molar refractivity (Wildman–Crippen MR) is 74.7 cm³/mol. The van der Waals surface area contributed by atoms with Crippen molar-refractivity contribution in [1.82, 2.24) is 4.90 Å². The number of benzene rings is 1. The van der Waals surface area contributed by atoms with Crippen molar-refractivity contribution in [2.75, 3.05) is 36.8 Å². The van der Waals surface area contributed by atoms with Gasteiger partial charge < -0.3 is 10.6 Å². The Kier molecular flexibility index (Phi) is 3.97. The van der Waals surface area contributed by atoms with E-state index in [0.29, 0.717) is 11.7 Å². The Bertz CT molecular complexity index is 428. The summed E-state index contributed by atoms with van der Waals surface area (Å²) in [7, 11) is 0. The summed E-state index contributed by atoms with van der Waals surface area (Å²) in [6.45, 7) is 8.05. The molecule has 0 amide bonds. The molecular weight excluding hydrogens is 253 g/mol. The predicted octanol–water partition coefficient (Wildman–Crippen LogP) is 2.59. The number of halogens is 2. The van der Waals surface area contributed by atoms with Gasteiger partial charge in [0.15, 0.2) is 0 Å². The second kappa shape index (κ2) is 5.33. The van der Waals surface area contributed by atoms with Crippen LogP contribution in [0.3, 0.4) is 0 Å². The number of nitrogen functional groups attached to an aromatic ring is 1. The van der Waals surface area contributed by atoms with E-state index >= 15 is 0 Å². The van der Waals surface area contributed by atoms with E-state index in [2.05, 4.69) is 23.6 Å². The van der Waals surface area contributed by atoms with Crippen LogP contribution in [0.2, 0.25) is 5.02 Å². The molecule has 2 rings (SSSR count). The zero-order valence-electron chi connectivity index (χ0n) is 10.8. The largest absolute Gasteiger partial charge is 0.397 e. The molecule has 1 aromatic carbocycles. The highest BCUT2D eigenvalue weighted by molar-refractivity contribution is 6.31. The van der Waals surface area contributed by atoms with Crippen molar-refractivity contribution < 1.29 is 4.39 Å². The topological polar surface area (TPSA) is 32.5 Å². The molecule has 1 aliphatic rings. The Morgan fingerprint density at radius 3 is 2.39 bits per heavy atom. The first kappa shape index (κ1) is 13.4. The fraction of sp³-hybridized carbons (Fsp3) is 0.538. The van der Waals surface area contributed by atoms with Crippen LogP contribution in [0.4, 0.5) is 15.8 Å². The third-order valence-electron chi connectivity index (χ3n) is 3.45. The van der Waals surface area contributed by atoms with Crippen molar-refractivity contribution >= 4 is 23.0 Å². The van der Waals surface area contributed by atoms with Gasteiger partial charge in [0.1, 0.15) is 5.82 Å². The Morgan fingerprint density at radius 1 is 1.22 bits per heavy atom. The summed E-state index contributed by atoms with van der Waals surface area (Å²) >= 11 is 5.71. The lowest BCUT2D eigenvalue weighted by Crippen LogP contribution is -2.49. The van der Waals surface area contributed by atoms with E-state index in [1.807, 2.05) is 0 Å². The number of anilines is 2. The van der Waals surface area contributed by atoms with Gasteiger partial charge >= 0.3 is 0 Å². The molecule has 0 unspecified atom stereocenters. The van der Waals surface area contributed by atoms with Crippen molar-refractivity contribution in [1.29, 1.82) is 0 Å². The highest BCUT2D eigenvalue weighted by Crippen LogP contribution is 2.30. The summed E-state index contributed by atoms with van der Waals surface area (Å²) in [5, 5.41) is 0.0806. The summed E-state index contributed by atoms with van der Waals surface area (Å²) in [6.07, 6.45) is 0. The first-order valence-electron chi connectivity index (χ1n) is 6.22. The van der Waals surface area contributed by atoms with Gasteiger partial charge in [-0.3, -0.25) is 4.90 Å². The van der Waals surface area contributed by atoms with Crippen LogP contribution in [0.15, 0.2) is 12.1 Å². The quantitative estimate of drug-likeness (QED) is 0.840. The maximum Gasteiger partial charge on any atom is 0.144 e. The molecule has 0 aliphatic carbocycles. The minimum Gasteiger partial charge on any atom is -0.397 e. The second-order valence-electron chi connectivity index (χ2n) is 4.94. The molecule has 5 heteroatoms. The molecule has 0 saturated carbocycles. The average molecular weight is 272 g/mol. The molecule has 3 nitrogen and oxygen atoms in total. The molecule has 0 bridgehead atoms. The molecule has 0 radical (unpaired) electrons. The molecular formula is C13H19ClFN3. The zero-order chi connectivity index (χ0) is 13.3. The Morgan fingerprint density at radius 2 is 1.83 bits per heavy atom. The number of piperazine rings is 1. The highest BCUT2D eigenvalue weighted by atomic mass is 35.5. The third kappa shape index (κ3) is 2.70. The Balaban J connectivity index is 2.12. The Hall–Kier alpha value is -1.00. The average Bonchev–Trinajstić information content (AvgIpc) is 2.34. The van der Waals surface area contributed by atoms with E-state index in [1.54, 1.807) is 0 Å². The van der Waals surface area contributed by atoms with Gasteiger partial charge in [0, 0.05) is 38.3 Å². The summed E-state index contributed by atoms with van der Waals surface area (Å²) in [5.74, 6) is -0.410. The van der Waals surface area contributed by atoms with Crippen LogP contribution >= 0.6 is 11.6 Å². The van der Waals surface area contributed by atoms with Gasteiger partial charge in [0.2, 0.25) is 0 Å². The van der Waals surface area contributed by atoms with Gasteiger partial charge in [0.25, 0.3) is 0 Å². The lowest BCUT2D eigenvalue weighted by molar-refractivity contribution is 0.209. The van der Waals surface area contributed by atoms with E-state index in [4.69, 9.17) is 17.3 Å². The fourth-order valence-corrected chi connectivity index (χ4v) is 2.48. The number of hydrogen-bond acceptors (Lipinski definition) is 3. The normalized spacial score (nSPS) is 17.5. The van der Waals surface area contributed by atoms with Gasteiger partial charge in [-0.05, 0) is 19.9 Å². The number of nitrogens with zero attached hydrogens (tertiary/aromatic N) is 2. The van der Waals surface area contributed by atoms with Crippen molar-refractivity contribution in [2.24, 2.45) is 0 Å². The standard InChI is InChI=1S/C13H19ClFN3/c1-9(2)17-3-5-18(6-4-17)13-8-11(15)10(14)7-12(13)16/h7-9H,3-6,16H2,1-2H3. The van der Waals surface area contributed by atoms with Gasteiger partial charge in [-0.2, -0.15) is 0 Å². The lowest BCUT2D eigenvalue weighted by atomic mass is 10.2. The summed E-state index contributed by atoms with van der Waals surface area (Å²) in [6, 6.07) is 3.47. The summed E-state index contributed by atoms with van der Waals surface area (Å²) < 4.78 is 13.5. The van der Waals surface area contributed by atoms with Crippen LogP contribution in [0, 0.1) is 5.82 Å². The van der Waals surface area contributed by atoms with Crippen LogP contribution in [-0.4, -0.2) is 37.1 Å². The lowest BCUT2D eigenvalue weighted by Gasteiger charge is -2.38. The smallest absolute Gasteiger partial charge is 0.144 e. The van der Waals surface area contributed by atoms with Crippen LogP contribution < -0.4 is 10.6 Å². The number of hydrogen-bond donors (Lipinski definition) is 1. The first-order valence-corrected chi connectivity index (χ1v) is 6.60. The zero-order valence-corrected chi connectivity index (χ0v) is 11.5. The van der Waals surface area contributed by atoms with E-state index in [-0.39, 0.29) is 5.02 Å². The molecule has 18 heavy (non-hydrogen) atoms. The van der Waals surface area contributed by atoms with Crippen LogP contribution in [0.25, 0.3) is 0 Å². The molecule has 0 aromatic heterocycles. The minimum absolute atomic E-state index is 0.0806. The van der Waals surface area contributed by atoms with Gasteiger partial charge in [-0.25, -0.2) is 4.39 Å². The molecule has 1 saturated heterocycles. The molecule has 1 heterocycles. The minimum atomic E-state index is -0.410. The van der Waals surface area contributed by atoms with Crippen LogP contribution in [0.5, 0.6) is 0 Å². The van der Waals surface area contributed by atoms with Crippen molar-refractivity contribution in [3.8, 4) is 0 Å². The fourth-order valence-electron chi connectivity index (χ4n) is 2.30. The highest BCUT2D eigenvalue weighted by Gasteiger charge is 2.21. The van der Waals surface area contributed by atoms with E-state index < -0.39 is 5.82 Å². The first-order chi connectivity index (χ1) is 8.49. The maximum absolute atomic E-state index is 13.5. The van der Waals surface area contributed by atoms with Crippen molar-refractivity contribution in [3.05, 3.63) is 23.0 Å². The SMILES string of the molecule is CC(C)N1CCN(c2cc(F)c(Cl)cc2N)CC1. The molecule has 1 aromatic rings. The van der Waals surface area contributed by atoms with E-state index in [9.17, 15) is 4.39 Å². The molecule has 1 aliphatic heterocycles. The van der Waals surface area contributed by atoms with Crippen molar-refractivity contribution in [3.63, 3.8) is 0 Å². The number of nitrogens with two attached hydrogens (primary N) is 1. The van der Waals surface area contributed by atoms with E-state index in [1.165, 1.54) is 12.1 Å².